The van der Waals surface area contributed by atoms with Crippen molar-refractivity contribution in [2.45, 2.75) is 51.5 Å². The van der Waals surface area contributed by atoms with E-state index >= 15 is 0 Å². The van der Waals surface area contributed by atoms with E-state index in [1.807, 2.05) is 12.3 Å². The van der Waals surface area contributed by atoms with Crippen LogP contribution in [0.15, 0.2) is 5.38 Å². The first-order chi connectivity index (χ1) is 9.16. The number of rotatable bonds is 4. The van der Waals surface area contributed by atoms with Gasteiger partial charge in [-0.05, 0) is 19.8 Å². The molecule has 1 heterocycles. The summed E-state index contributed by atoms with van der Waals surface area (Å²) in [7, 11) is 0. The molecule has 0 spiro atoms. The predicted octanol–water partition coefficient (Wildman–Crippen LogP) is 2.02. The SMILES string of the molecule is Cc1csc(CCNC(=O)C2CCCCCC2N)n1. The van der Waals surface area contributed by atoms with E-state index < -0.39 is 0 Å². The zero-order valence-corrected chi connectivity index (χ0v) is 12.3. The van der Waals surface area contributed by atoms with Gasteiger partial charge in [0.15, 0.2) is 0 Å². The topological polar surface area (TPSA) is 68.0 Å². The molecule has 1 aliphatic carbocycles. The van der Waals surface area contributed by atoms with Crippen LogP contribution in [0, 0.1) is 12.8 Å². The fourth-order valence-electron chi connectivity index (χ4n) is 2.60. The lowest BCUT2D eigenvalue weighted by Gasteiger charge is -2.20. The van der Waals surface area contributed by atoms with Gasteiger partial charge in [-0.3, -0.25) is 4.79 Å². The van der Waals surface area contributed by atoms with Crippen LogP contribution >= 0.6 is 11.3 Å². The van der Waals surface area contributed by atoms with Gasteiger partial charge < -0.3 is 11.1 Å². The summed E-state index contributed by atoms with van der Waals surface area (Å²) in [5, 5.41) is 6.14. The number of thiazole rings is 1. The highest BCUT2D eigenvalue weighted by atomic mass is 32.1. The second kappa shape index (κ2) is 7.01. The number of aryl methyl sites for hydroxylation is 1. The van der Waals surface area contributed by atoms with Crippen LogP contribution in [0.5, 0.6) is 0 Å². The van der Waals surface area contributed by atoms with Crippen molar-refractivity contribution in [3.05, 3.63) is 16.1 Å². The predicted molar refractivity (Wildman–Crippen MR) is 78.1 cm³/mol. The van der Waals surface area contributed by atoms with Gasteiger partial charge in [-0.25, -0.2) is 4.98 Å². The van der Waals surface area contributed by atoms with E-state index in [1.165, 1.54) is 6.42 Å². The van der Waals surface area contributed by atoms with Crippen molar-refractivity contribution in [2.75, 3.05) is 6.54 Å². The Balaban J connectivity index is 1.76. The van der Waals surface area contributed by atoms with E-state index in [1.54, 1.807) is 11.3 Å². The van der Waals surface area contributed by atoms with E-state index in [9.17, 15) is 4.79 Å². The summed E-state index contributed by atoms with van der Waals surface area (Å²) in [6.45, 7) is 2.65. The number of nitrogens with zero attached hydrogens (tertiary/aromatic N) is 1. The molecule has 2 rings (SSSR count). The zero-order chi connectivity index (χ0) is 13.7. The highest BCUT2D eigenvalue weighted by molar-refractivity contribution is 7.09. The molecule has 1 saturated carbocycles. The first-order valence-corrected chi connectivity index (χ1v) is 7.99. The van der Waals surface area contributed by atoms with Crippen molar-refractivity contribution in [3.63, 3.8) is 0 Å². The van der Waals surface area contributed by atoms with Crippen molar-refractivity contribution in [2.24, 2.45) is 11.7 Å². The summed E-state index contributed by atoms with van der Waals surface area (Å²) in [5.41, 5.74) is 7.15. The highest BCUT2D eigenvalue weighted by Crippen LogP contribution is 2.22. The largest absolute Gasteiger partial charge is 0.355 e. The van der Waals surface area contributed by atoms with Gasteiger partial charge in [0.25, 0.3) is 0 Å². The van der Waals surface area contributed by atoms with Crippen LogP contribution < -0.4 is 11.1 Å². The minimum atomic E-state index is 0.000492. The fraction of sp³-hybridized carbons (Fsp3) is 0.714. The quantitative estimate of drug-likeness (QED) is 0.830. The summed E-state index contributed by atoms with van der Waals surface area (Å²) in [4.78, 5) is 16.5. The average Bonchev–Trinajstić information content (AvgIpc) is 2.67. The molecule has 0 bridgehead atoms. The molecule has 1 aromatic rings. The smallest absolute Gasteiger partial charge is 0.224 e. The zero-order valence-electron chi connectivity index (χ0n) is 11.5. The minimum absolute atomic E-state index is 0.000492. The number of hydrogen-bond acceptors (Lipinski definition) is 4. The molecule has 1 amide bonds. The van der Waals surface area contributed by atoms with Crippen molar-refractivity contribution in [1.82, 2.24) is 10.3 Å². The molecule has 4 nitrogen and oxygen atoms in total. The molecule has 1 aliphatic rings. The number of amides is 1. The van der Waals surface area contributed by atoms with Crippen LogP contribution in [-0.2, 0) is 11.2 Å². The maximum atomic E-state index is 12.1. The van der Waals surface area contributed by atoms with Crippen LogP contribution in [0.4, 0.5) is 0 Å². The van der Waals surface area contributed by atoms with Crippen LogP contribution in [0.2, 0.25) is 0 Å². The molecule has 0 aliphatic heterocycles. The van der Waals surface area contributed by atoms with Gasteiger partial charge in [0.05, 0.1) is 10.9 Å². The second-order valence-corrected chi connectivity index (χ2v) is 6.27. The van der Waals surface area contributed by atoms with E-state index in [-0.39, 0.29) is 17.9 Å². The minimum Gasteiger partial charge on any atom is -0.355 e. The summed E-state index contributed by atoms with van der Waals surface area (Å²) in [6.07, 6.45) is 6.20. The average molecular weight is 281 g/mol. The molecule has 2 unspecified atom stereocenters. The van der Waals surface area contributed by atoms with Crippen molar-refractivity contribution in [1.29, 1.82) is 0 Å². The third kappa shape index (κ3) is 4.28. The first kappa shape index (κ1) is 14.5. The fourth-order valence-corrected chi connectivity index (χ4v) is 3.38. The molecule has 0 radical (unpaired) electrons. The lowest BCUT2D eigenvalue weighted by molar-refractivity contribution is -0.125. The standard InChI is InChI=1S/C14H23N3OS/c1-10-9-19-13(17-10)7-8-16-14(18)11-5-3-2-4-6-12(11)15/h9,11-12H,2-8,15H2,1H3,(H,16,18). The van der Waals surface area contributed by atoms with E-state index in [4.69, 9.17) is 5.73 Å². The monoisotopic (exact) mass is 281 g/mol. The Morgan fingerprint density at radius 2 is 2.26 bits per heavy atom. The summed E-state index contributed by atoms with van der Waals surface area (Å²) in [6, 6.07) is 0.0320. The van der Waals surface area contributed by atoms with Gasteiger partial charge >= 0.3 is 0 Å². The van der Waals surface area contributed by atoms with Crippen LogP contribution in [0.3, 0.4) is 0 Å². The Kier molecular flexibility index (Phi) is 5.34. The Labute approximate surface area is 118 Å². The third-order valence-corrected chi connectivity index (χ3v) is 4.74. The Morgan fingerprint density at radius 1 is 1.47 bits per heavy atom. The lowest BCUT2D eigenvalue weighted by atomic mass is 9.94. The number of aromatic nitrogens is 1. The Bertz CT molecular complexity index is 419. The van der Waals surface area contributed by atoms with Gasteiger partial charge in [0.2, 0.25) is 5.91 Å². The molecule has 106 valence electrons. The molecule has 3 N–H and O–H groups in total. The molecule has 5 heteroatoms. The summed E-state index contributed by atoms with van der Waals surface area (Å²) >= 11 is 1.65. The van der Waals surface area contributed by atoms with Gasteiger partial charge in [0.1, 0.15) is 0 Å². The van der Waals surface area contributed by atoms with Crippen molar-refractivity contribution >= 4 is 17.2 Å². The summed E-state index contributed by atoms with van der Waals surface area (Å²) < 4.78 is 0. The van der Waals surface area contributed by atoms with Crippen molar-refractivity contribution < 1.29 is 4.79 Å². The molecule has 19 heavy (non-hydrogen) atoms. The van der Waals surface area contributed by atoms with E-state index in [2.05, 4.69) is 10.3 Å². The molecule has 1 fully saturated rings. The number of nitrogens with one attached hydrogen (secondary N) is 1. The third-order valence-electron chi connectivity index (χ3n) is 3.71. The number of carbonyl (C=O) groups excluding carboxylic acids is 1. The van der Waals surface area contributed by atoms with E-state index in [0.29, 0.717) is 6.54 Å². The van der Waals surface area contributed by atoms with Crippen LogP contribution in [0.1, 0.15) is 42.8 Å². The number of nitrogens with two attached hydrogens (primary N) is 1. The molecule has 2 atom stereocenters. The van der Waals surface area contributed by atoms with Gasteiger partial charge in [-0.15, -0.1) is 11.3 Å². The maximum absolute atomic E-state index is 12.1. The molecule has 1 aromatic heterocycles. The molecule has 0 saturated heterocycles. The van der Waals surface area contributed by atoms with Gasteiger partial charge in [-0.1, -0.05) is 19.3 Å². The maximum Gasteiger partial charge on any atom is 0.224 e. The summed E-state index contributed by atoms with van der Waals surface area (Å²) in [5.74, 6) is 0.128. The number of hydrogen-bond donors (Lipinski definition) is 2. The highest BCUT2D eigenvalue weighted by Gasteiger charge is 2.26. The normalized spacial score (nSPS) is 23.9. The molecule has 0 aromatic carbocycles. The number of carbonyl (C=O) groups is 1. The molecular weight excluding hydrogens is 258 g/mol. The van der Waals surface area contributed by atoms with E-state index in [0.717, 1.165) is 42.8 Å². The van der Waals surface area contributed by atoms with Gasteiger partial charge in [0, 0.05) is 30.1 Å². The lowest BCUT2D eigenvalue weighted by Crippen LogP contribution is -2.41. The van der Waals surface area contributed by atoms with Crippen LogP contribution in [0.25, 0.3) is 0 Å². The Morgan fingerprint density at radius 3 is 3.00 bits per heavy atom. The first-order valence-electron chi connectivity index (χ1n) is 7.11. The molecular formula is C14H23N3OS. The van der Waals surface area contributed by atoms with Crippen LogP contribution in [-0.4, -0.2) is 23.5 Å². The van der Waals surface area contributed by atoms with Crippen molar-refractivity contribution in [3.8, 4) is 0 Å². The second-order valence-electron chi connectivity index (χ2n) is 5.33. The van der Waals surface area contributed by atoms with Gasteiger partial charge in [-0.2, -0.15) is 0 Å². The Hall–Kier alpha value is -0.940.